The lowest BCUT2D eigenvalue weighted by molar-refractivity contribution is 1.24. The van der Waals surface area contributed by atoms with Crippen molar-refractivity contribution in [3.63, 3.8) is 0 Å². The van der Waals surface area contributed by atoms with E-state index in [1.165, 1.54) is 10.9 Å². The molecule has 0 atom stereocenters. The summed E-state index contributed by atoms with van der Waals surface area (Å²) in [6, 6.07) is 12.3. The van der Waals surface area contributed by atoms with Crippen LogP contribution in [0.15, 0.2) is 42.6 Å². The highest BCUT2D eigenvalue weighted by Gasteiger charge is 2.02. The molecular formula is C12H9ClN2. The molecule has 0 fully saturated rings. The number of alkyl halides is 1. The van der Waals surface area contributed by atoms with Crippen molar-refractivity contribution in [1.82, 2.24) is 9.38 Å². The first-order chi connectivity index (χ1) is 7.38. The lowest BCUT2D eigenvalue weighted by Gasteiger charge is -1.99. The van der Waals surface area contributed by atoms with E-state index >= 15 is 0 Å². The number of para-hydroxylation sites is 1. The van der Waals surface area contributed by atoms with Gasteiger partial charge in [-0.3, -0.25) is 4.40 Å². The van der Waals surface area contributed by atoms with Gasteiger partial charge in [0.1, 0.15) is 5.65 Å². The fraction of sp³-hybridized carbons (Fsp3) is 0.0833. The highest BCUT2D eigenvalue weighted by molar-refractivity contribution is 6.16. The summed E-state index contributed by atoms with van der Waals surface area (Å²) in [5, 5.41) is 1.21. The van der Waals surface area contributed by atoms with E-state index in [1.807, 2.05) is 24.4 Å². The zero-order chi connectivity index (χ0) is 10.3. The van der Waals surface area contributed by atoms with Crippen LogP contribution in [0.3, 0.4) is 0 Å². The Morgan fingerprint density at radius 3 is 2.87 bits per heavy atom. The van der Waals surface area contributed by atoms with Crippen LogP contribution in [-0.2, 0) is 5.88 Å². The minimum atomic E-state index is 0.454. The summed E-state index contributed by atoms with van der Waals surface area (Å²) >= 11 is 5.77. The maximum atomic E-state index is 5.77. The zero-order valence-corrected chi connectivity index (χ0v) is 8.78. The third kappa shape index (κ3) is 1.29. The molecule has 15 heavy (non-hydrogen) atoms. The van der Waals surface area contributed by atoms with Crippen LogP contribution in [0.1, 0.15) is 5.69 Å². The van der Waals surface area contributed by atoms with Gasteiger partial charge >= 0.3 is 0 Å². The predicted molar refractivity (Wildman–Crippen MR) is 62.3 cm³/mol. The Kier molecular flexibility index (Phi) is 1.89. The second-order valence-electron chi connectivity index (χ2n) is 3.49. The maximum Gasteiger partial charge on any atom is 0.137 e. The van der Waals surface area contributed by atoms with Crippen molar-refractivity contribution in [1.29, 1.82) is 0 Å². The fourth-order valence-corrected chi connectivity index (χ4v) is 1.96. The molecule has 0 amide bonds. The number of pyridine rings is 1. The van der Waals surface area contributed by atoms with E-state index in [0.717, 1.165) is 11.3 Å². The number of benzene rings is 1. The summed E-state index contributed by atoms with van der Waals surface area (Å²) in [6.07, 6.45) is 1.99. The van der Waals surface area contributed by atoms with Gasteiger partial charge in [-0.2, -0.15) is 0 Å². The van der Waals surface area contributed by atoms with Crippen LogP contribution in [0.4, 0.5) is 0 Å². The van der Waals surface area contributed by atoms with Crippen LogP contribution in [0.25, 0.3) is 16.6 Å². The predicted octanol–water partition coefficient (Wildman–Crippen LogP) is 3.23. The van der Waals surface area contributed by atoms with Crippen molar-refractivity contribution >= 4 is 28.2 Å². The van der Waals surface area contributed by atoms with Crippen molar-refractivity contribution in [2.45, 2.75) is 5.88 Å². The van der Waals surface area contributed by atoms with E-state index in [2.05, 4.69) is 27.6 Å². The van der Waals surface area contributed by atoms with Crippen LogP contribution in [-0.4, -0.2) is 9.38 Å². The zero-order valence-electron chi connectivity index (χ0n) is 8.02. The van der Waals surface area contributed by atoms with Crippen LogP contribution in [0, 0.1) is 0 Å². The van der Waals surface area contributed by atoms with E-state index in [-0.39, 0.29) is 0 Å². The highest BCUT2D eigenvalue weighted by Crippen LogP contribution is 2.17. The Bertz CT molecular complexity index is 628. The van der Waals surface area contributed by atoms with E-state index in [4.69, 9.17) is 11.6 Å². The molecule has 2 heterocycles. The Morgan fingerprint density at radius 2 is 2.00 bits per heavy atom. The van der Waals surface area contributed by atoms with E-state index in [1.54, 1.807) is 0 Å². The lowest BCUT2D eigenvalue weighted by atomic mass is 10.2. The van der Waals surface area contributed by atoms with Crippen LogP contribution in [0.2, 0.25) is 0 Å². The standard InChI is InChI=1S/C12H9ClN2/c13-7-10-8-15-11-4-2-1-3-9(11)5-6-12(15)14-10/h1-6,8H,7H2. The molecule has 0 radical (unpaired) electrons. The average Bonchev–Trinajstić information content (AvgIpc) is 2.72. The molecule has 0 saturated heterocycles. The Morgan fingerprint density at radius 1 is 1.13 bits per heavy atom. The summed E-state index contributed by atoms with van der Waals surface area (Å²) in [6.45, 7) is 0. The summed E-state index contributed by atoms with van der Waals surface area (Å²) in [5.41, 5.74) is 3.02. The van der Waals surface area contributed by atoms with Crippen LogP contribution in [0.5, 0.6) is 0 Å². The number of imidazole rings is 1. The molecule has 0 spiro atoms. The molecule has 0 unspecified atom stereocenters. The number of rotatable bonds is 1. The molecule has 74 valence electrons. The molecule has 0 aliphatic carbocycles. The third-order valence-electron chi connectivity index (χ3n) is 2.53. The first kappa shape index (κ1) is 8.74. The molecular weight excluding hydrogens is 208 g/mol. The lowest BCUT2D eigenvalue weighted by Crippen LogP contribution is -1.85. The summed E-state index contributed by atoms with van der Waals surface area (Å²) in [7, 11) is 0. The molecule has 1 aromatic carbocycles. The normalized spacial score (nSPS) is 11.3. The van der Waals surface area contributed by atoms with Crippen molar-refractivity contribution < 1.29 is 0 Å². The Balaban J connectivity index is 2.47. The van der Waals surface area contributed by atoms with Gasteiger partial charge in [-0.15, -0.1) is 11.6 Å². The molecule has 3 heteroatoms. The Hall–Kier alpha value is -1.54. The molecule has 2 nitrogen and oxygen atoms in total. The SMILES string of the molecule is ClCc1cn2c(ccc3ccccc32)n1. The molecule has 0 aliphatic heterocycles. The number of nitrogens with zero attached hydrogens (tertiary/aromatic N) is 2. The van der Waals surface area contributed by atoms with Gasteiger partial charge in [0.15, 0.2) is 0 Å². The van der Waals surface area contributed by atoms with Gasteiger partial charge in [0, 0.05) is 6.20 Å². The molecule has 2 aromatic heterocycles. The van der Waals surface area contributed by atoms with E-state index in [9.17, 15) is 0 Å². The van der Waals surface area contributed by atoms with Gasteiger partial charge in [-0.05, 0) is 23.6 Å². The number of hydrogen-bond donors (Lipinski definition) is 0. The first-order valence-electron chi connectivity index (χ1n) is 4.80. The second kappa shape index (κ2) is 3.24. The van der Waals surface area contributed by atoms with E-state index in [0.29, 0.717) is 5.88 Å². The molecule has 0 N–H and O–H groups in total. The summed E-state index contributed by atoms with van der Waals surface area (Å²) in [5.74, 6) is 0.454. The van der Waals surface area contributed by atoms with Crippen molar-refractivity contribution in [2.24, 2.45) is 0 Å². The minimum Gasteiger partial charge on any atom is -0.299 e. The number of fused-ring (bicyclic) bond motifs is 3. The van der Waals surface area contributed by atoms with E-state index < -0.39 is 0 Å². The van der Waals surface area contributed by atoms with Crippen molar-refractivity contribution in [2.75, 3.05) is 0 Å². The van der Waals surface area contributed by atoms with Gasteiger partial charge in [0.05, 0.1) is 17.1 Å². The minimum absolute atomic E-state index is 0.454. The van der Waals surface area contributed by atoms with Gasteiger partial charge in [-0.1, -0.05) is 18.2 Å². The highest BCUT2D eigenvalue weighted by atomic mass is 35.5. The third-order valence-corrected chi connectivity index (χ3v) is 2.80. The van der Waals surface area contributed by atoms with Gasteiger partial charge in [0.2, 0.25) is 0 Å². The van der Waals surface area contributed by atoms with Gasteiger partial charge in [0.25, 0.3) is 0 Å². The first-order valence-corrected chi connectivity index (χ1v) is 5.33. The van der Waals surface area contributed by atoms with Gasteiger partial charge in [-0.25, -0.2) is 4.98 Å². The van der Waals surface area contributed by atoms with Crippen LogP contribution < -0.4 is 0 Å². The van der Waals surface area contributed by atoms with Crippen molar-refractivity contribution in [3.8, 4) is 0 Å². The smallest absolute Gasteiger partial charge is 0.137 e. The summed E-state index contributed by atoms with van der Waals surface area (Å²) < 4.78 is 2.08. The molecule has 0 saturated carbocycles. The monoisotopic (exact) mass is 216 g/mol. The second-order valence-corrected chi connectivity index (χ2v) is 3.75. The number of halogens is 1. The fourth-order valence-electron chi connectivity index (χ4n) is 1.83. The average molecular weight is 217 g/mol. The summed E-state index contributed by atoms with van der Waals surface area (Å²) in [4.78, 5) is 4.41. The largest absolute Gasteiger partial charge is 0.299 e. The topological polar surface area (TPSA) is 17.3 Å². The molecule has 0 aliphatic rings. The maximum absolute atomic E-state index is 5.77. The number of aromatic nitrogens is 2. The van der Waals surface area contributed by atoms with Gasteiger partial charge < -0.3 is 0 Å². The number of hydrogen-bond acceptors (Lipinski definition) is 1. The quantitative estimate of drug-likeness (QED) is 0.571. The molecule has 0 bridgehead atoms. The Labute approximate surface area is 92.1 Å². The van der Waals surface area contributed by atoms with Crippen LogP contribution >= 0.6 is 11.6 Å². The molecule has 3 aromatic rings. The van der Waals surface area contributed by atoms with Crippen molar-refractivity contribution in [3.05, 3.63) is 48.3 Å². The molecule has 3 rings (SSSR count).